The lowest BCUT2D eigenvalue weighted by Crippen LogP contribution is -2.65. The first-order valence-corrected chi connectivity index (χ1v) is 7.63. The summed E-state index contributed by atoms with van der Waals surface area (Å²) in [6.45, 7) is 19.2. The maximum Gasteiger partial charge on any atom is 0.0839 e. The van der Waals surface area contributed by atoms with Gasteiger partial charge in [-0.25, -0.2) is 0 Å². The van der Waals surface area contributed by atoms with E-state index in [1.165, 1.54) is 4.48 Å². The smallest absolute Gasteiger partial charge is 0.0839 e. The van der Waals surface area contributed by atoms with Crippen LogP contribution in [-0.4, -0.2) is 35.3 Å². The second-order valence-electron chi connectivity index (χ2n) is 6.03. The van der Waals surface area contributed by atoms with Crippen LogP contribution in [-0.2, 0) is 4.52 Å². The molecule has 0 atom stereocenters. The molecule has 0 N–H and O–H groups in total. The third-order valence-electron chi connectivity index (χ3n) is 3.89. The van der Waals surface area contributed by atoms with Gasteiger partial charge in [-0.3, -0.25) is 0 Å². The Labute approximate surface area is 123 Å². The summed E-state index contributed by atoms with van der Waals surface area (Å²) >= 11 is 0. The highest BCUT2D eigenvalue weighted by molar-refractivity contribution is 7.09. The first-order chi connectivity index (χ1) is 8.69. The molecule has 0 bridgehead atoms. The van der Waals surface area contributed by atoms with Gasteiger partial charge >= 0.3 is 0 Å². The van der Waals surface area contributed by atoms with Crippen molar-refractivity contribution in [3.8, 4) is 6.07 Å². The summed E-state index contributed by atoms with van der Waals surface area (Å²) < 4.78 is 5.59. The molecule has 0 amide bonds. The summed E-state index contributed by atoms with van der Waals surface area (Å²) in [6, 6.07) is 4.75. The van der Waals surface area contributed by atoms with Gasteiger partial charge in [0.25, 0.3) is 0 Å². The van der Waals surface area contributed by atoms with Gasteiger partial charge in [-0.1, -0.05) is 0 Å². The molecule has 0 aliphatic rings. The Morgan fingerprint density at radius 3 is 1.26 bits per heavy atom. The summed E-state index contributed by atoms with van der Waals surface area (Å²) in [5, 5.41) is 7.85. The number of quaternary nitrogens is 1. The normalized spacial score (nSPS) is 11.8. The predicted octanol–water partition coefficient (Wildman–Crippen LogP) is 4.41. The lowest BCUT2D eigenvalue weighted by atomic mass is 10.0. The minimum atomic E-state index is 0.448. The highest BCUT2D eigenvalue weighted by Gasteiger charge is 2.40. The highest BCUT2D eigenvalue weighted by atomic mass is 31.0. The van der Waals surface area contributed by atoms with Gasteiger partial charge in [-0.15, -0.1) is 0 Å². The molecule has 0 aromatic carbocycles. The fourth-order valence-corrected chi connectivity index (χ4v) is 3.78. The van der Waals surface area contributed by atoms with Crippen LogP contribution in [0.5, 0.6) is 0 Å². The van der Waals surface area contributed by atoms with E-state index >= 15 is 0 Å². The van der Waals surface area contributed by atoms with Crippen molar-refractivity contribution >= 4 is 9.47 Å². The molecule has 0 aromatic heterocycles. The second-order valence-corrected chi connectivity index (χ2v) is 6.31. The Balaban J connectivity index is 0. The number of nitrogens with zero attached hydrogens (tertiary/aromatic N) is 2. The van der Waals surface area contributed by atoms with Gasteiger partial charge in [0.2, 0.25) is 0 Å². The Hall–Kier alpha value is -0.160. The van der Waals surface area contributed by atoms with Crippen molar-refractivity contribution in [2.24, 2.45) is 0 Å². The fourth-order valence-electron chi connectivity index (χ4n) is 3.67. The van der Waals surface area contributed by atoms with Crippen molar-refractivity contribution in [2.45, 2.75) is 86.0 Å². The van der Waals surface area contributed by atoms with E-state index in [0.29, 0.717) is 37.2 Å². The van der Waals surface area contributed by atoms with Crippen molar-refractivity contribution in [3.63, 3.8) is 0 Å². The largest absolute Gasteiger partial charge is 0.560 e. The minimum absolute atomic E-state index is 0.448. The number of rotatable bonds is 6. The molecule has 0 aliphatic carbocycles. The van der Waals surface area contributed by atoms with Crippen LogP contribution >= 0.6 is 9.47 Å². The van der Waals surface area contributed by atoms with Crippen molar-refractivity contribution in [3.05, 3.63) is 0 Å². The van der Waals surface area contributed by atoms with E-state index in [1.807, 2.05) is 6.07 Å². The maximum absolute atomic E-state index is 7.85. The Morgan fingerprint density at radius 1 is 0.895 bits per heavy atom. The monoisotopic (exact) mass is 288 g/mol. The third-order valence-corrected chi connectivity index (χ3v) is 4.10. The number of hydrogen-bond acceptors (Lipinski definition) is 2. The molecule has 0 unspecified atom stereocenters. The van der Waals surface area contributed by atoms with Gasteiger partial charge in [0.1, 0.15) is 0 Å². The molecule has 0 aliphatic heterocycles. The van der Waals surface area contributed by atoms with E-state index in [1.54, 1.807) is 0 Å². The summed E-state index contributed by atoms with van der Waals surface area (Å²) in [5.41, 5.74) is 0. The van der Waals surface area contributed by atoms with Gasteiger partial charge in [-0.2, -0.15) is 5.26 Å². The first kappa shape index (κ1) is 21.1. The summed E-state index contributed by atoms with van der Waals surface area (Å²) in [5.74, 6) is 0. The molecule has 0 fully saturated rings. The first-order valence-electron chi connectivity index (χ1n) is 7.22. The molecule has 3 nitrogen and oxygen atoms in total. The Morgan fingerprint density at radius 2 is 1.21 bits per heavy atom. The third kappa shape index (κ3) is 6.21. The van der Waals surface area contributed by atoms with E-state index in [0.717, 1.165) is 0 Å². The summed E-state index contributed by atoms with van der Waals surface area (Å²) in [7, 11) is 2.74. The van der Waals surface area contributed by atoms with Crippen molar-refractivity contribution in [1.29, 1.82) is 5.26 Å². The molecule has 19 heavy (non-hydrogen) atoms. The zero-order valence-electron chi connectivity index (χ0n) is 14.0. The lowest BCUT2D eigenvalue weighted by molar-refractivity contribution is -1.00. The fraction of sp³-hybridized carbons (Fsp3) is 0.933. The highest BCUT2D eigenvalue weighted by Crippen LogP contribution is 2.28. The number of hydrogen-bond donors (Lipinski definition) is 0. The van der Waals surface area contributed by atoms with Crippen LogP contribution in [0, 0.1) is 11.3 Å². The average Bonchev–Trinajstić information content (AvgIpc) is 2.25. The maximum atomic E-state index is 7.85. The SMILES string of the molecule is CC(C)[N+](C(C)C)(C(C)C)C(C)C.N#CCCO[PH-]. The zero-order chi connectivity index (χ0) is 15.6. The lowest BCUT2D eigenvalue weighted by Gasteiger charge is -2.52. The van der Waals surface area contributed by atoms with E-state index < -0.39 is 0 Å². The van der Waals surface area contributed by atoms with Crippen LogP contribution in [0.25, 0.3) is 0 Å². The molecule has 4 heteroatoms. The van der Waals surface area contributed by atoms with Gasteiger partial charge in [-0.05, 0) is 55.4 Å². The van der Waals surface area contributed by atoms with Crippen molar-refractivity contribution in [2.75, 3.05) is 6.61 Å². The quantitative estimate of drug-likeness (QED) is 0.412. The summed E-state index contributed by atoms with van der Waals surface area (Å²) in [4.78, 5) is 0. The van der Waals surface area contributed by atoms with Gasteiger partial charge in [0.05, 0.1) is 36.7 Å². The topological polar surface area (TPSA) is 33.0 Å². The van der Waals surface area contributed by atoms with Gasteiger partial charge in [0.15, 0.2) is 0 Å². The molecule has 0 saturated heterocycles. The molecule has 0 heterocycles. The Kier molecular flexibility index (Phi) is 11.8. The molecular formula is C15H33N2OP. The van der Waals surface area contributed by atoms with E-state index in [4.69, 9.17) is 5.26 Å². The molecule has 0 spiro atoms. The van der Waals surface area contributed by atoms with Crippen LogP contribution in [0.4, 0.5) is 0 Å². The average molecular weight is 288 g/mol. The van der Waals surface area contributed by atoms with Gasteiger partial charge in [0, 0.05) is 6.61 Å². The van der Waals surface area contributed by atoms with Crippen LogP contribution in [0.2, 0.25) is 0 Å². The van der Waals surface area contributed by atoms with E-state index in [9.17, 15) is 0 Å². The molecule has 0 radical (unpaired) electrons. The van der Waals surface area contributed by atoms with E-state index in [2.05, 4.69) is 69.4 Å². The zero-order valence-corrected chi connectivity index (χ0v) is 15.0. The standard InChI is InChI=1S/C12H28N.C3H5NOP/c1-9(2)13(10(3)4,11(5)6)12(7)8;4-2-1-3-5-6/h9-12H,1-8H3;6H,1,3H2/q+1;-1. The Bertz CT molecular complexity index is 220. The van der Waals surface area contributed by atoms with E-state index in [-0.39, 0.29) is 0 Å². The van der Waals surface area contributed by atoms with Crippen LogP contribution in [0.1, 0.15) is 61.8 Å². The van der Waals surface area contributed by atoms with Gasteiger partial charge < -0.3 is 18.5 Å². The number of nitriles is 1. The van der Waals surface area contributed by atoms with Crippen molar-refractivity contribution in [1.82, 2.24) is 0 Å². The molecule has 114 valence electrons. The summed E-state index contributed by atoms with van der Waals surface area (Å²) in [6.07, 6.45) is 0.448. The minimum Gasteiger partial charge on any atom is -0.560 e. The predicted molar refractivity (Wildman–Crippen MR) is 85.3 cm³/mol. The van der Waals surface area contributed by atoms with Crippen LogP contribution < -0.4 is 0 Å². The van der Waals surface area contributed by atoms with Crippen LogP contribution in [0.15, 0.2) is 0 Å². The molecule has 0 saturated carbocycles. The molecule has 0 aromatic rings. The van der Waals surface area contributed by atoms with Crippen LogP contribution in [0.3, 0.4) is 0 Å². The molecular weight excluding hydrogens is 255 g/mol. The second kappa shape index (κ2) is 10.6. The molecule has 0 rings (SSSR count). The van der Waals surface area contributed by atoms with Crippen molar-refractivity contribution < 1.29 is 9.01 Å².